The minimum atomic E-state index is -0.321. The van der Waals surface area contributed by atoms with Crippen molar-refractivity contribution >= 4 is 25.8 Å². The molecule has 0 atom stereocenters. The van der Waals surface area contributed by atoms with Crippen molar-refractivity contribution in [1.82, 2.24) is 5.32 Å². The van der Waals surface area contributed by atoms with Crippen molar-refractivity contribution in [3.8, 4) is 0 Å². The largest absolute Gasteiger partial charge is 0.491 e. The molecule has 0 saturated carbocycles. The van der Waals surface area contributed by atoms with Gasteiger partial charge in [-0.25, -0.2) is 0 Å². The lowest BCUT2D eigenvalue weighted by Crippen LogP contribution is -2.41. The van der Waals surface area contributed by atoms with Gasteiger partial charge in [0.1, 0.15) is 0 Å². The third kappa shape index (κ3) is 3.72. The molecule has 1 heterocycles. The summed E-state index contributed by atoms with van der Waals surface area (Å²) in [5.41, 5.74) is 1.56. The minimum absolute atomic E-state index is 0.320. The lowest BCUT2D eigenvalue weighted by Gasteiger charge is -2.32. The van der Waals surface area contributed by atoms with Crippen LogP contribution in [0.25, 0.3) is 6.08 Å². The molecule has 21 heavy (non-hydrogen) atoms. The molecule has 0 unspecified atom stereocenters. The fraction of sp³-hybridized carbons (Fsp3) is 0.500. The Morgan fingerprint density at radius 1 is 1.14 bits per heavy atom. The fourth-order valence-corrected chi connectivity index (χ4v) is 2.33. The fourth-order valence-electron chi connectivity index (χ4n) is 2.19. The zero-order chi connectivity index (χ0) is 15.7. The normalized spacial score (nSPS) is 20.9. The quantitative estimate of drug-likeness (QED) is 0.661. The Bertz CT molecular complexity index is 510. The van der Waals surface area contributed by atoms with Crippen LogP contribution < -0.4 is 5.32 Å². The average molecular weight is 305 g/mol. The molecule has 2 rings (SSSR count). The summed E-state index contributed by atoms with van der Waals surface area (Å²) in [6, 6.07) is 8.05. The Hall–Kier alpha value is -0.745. The number of hydrogen-bond acceptors (Lipinski definition) is 4. The molecule has 0 radical (unpaired) electrons. The maximum atomic E-state index is 6.13. The van der Waals surface area contributed by atoms with Crippen LogP contribution >= 0.6 is 12.6 Å². The van der Waals surface area contributed by atoms with Crippen LogP contribution in [0.2, 0.25) is 0 Å². The molecule has 1 aromatic rings. The third-order valence-corrected chi connectivity index (χ3v) is 4.48. The van der Waals surface area contributed by atoms with Gasteiger partial charge in [-0.2, -0.15) is 0 Å². The number of nitrogens with one attached hydrogen (secondary N) is 1. The van der Waals surface area contributed by atoms with Gasteiger partial charge in [-0.15, -0.1) is 12.6 Å². The number of rotatable bonds is 4. The first-order valence-electron chi connectivity index (χ1n) is 7.25. The highest BCUT2D eigenvalue weighted by molar-refractivity contribution is 7.80. The molecule has 114 valence electrons. The van der Waals surface area contributed by atoms with Gasteiger partial charge in [-0.05, 0) is 57.9 Å². The molecule has 1 saturated heterocycles. The molecule has 0 aliphatic carbocycles. The van der Waals surface area contributed by atoms with Gasteiger partial charge < -0.3 is 14.6 Å². The third-order valence-electron chi connectivity index (χ3n) is 4.18. The number of hydrogen-bond donors (Lipinski definition) is 2. The van der Waals surface area contributed by atoms with Gasteiger partial charge >= 0.3 is 7.12 Å². The maximum absolute atomic E-state index is 6.13. The van der Waals surface area contributed by atoms with Crippen molar-refractivity contribution in [1.29, 1.82) is 0 Å². The van der Waals surface area contributed by atoms with E-state index in [2.05, 4.69) is 51.7 Å². The second-order valence-corrected chi connectivity index (χ2v) is 6.95. The van der Waals surface area contributed by atoms with E-state index in [0.717, 1.165) is 22.5 Å². The molecular formula is C16H24BNO2S. The first-order chi connectivity index (χ1) is 9.75. The lowest BCUT2D eigenvalue weighted by molar-refractivity contribution is 0.00578. The molecule has 1 aliphatic rings. The molecule has 1 fully saturated rings. The standard InChI is InChI=1S/C16H24BNO2S/c1-15(2)16(3,4)20-17(19-15)13(11-18-5)10-12-6-8-14(21)9-7-12/h6-10,18,21H,11H2,1-5H3. The van der Waals surface area contributed by atoms with E-state index in [1.165, 1.54) is 0 Å². The molecule has 0 spiro atoms. The highest BCUT2D eigenvalue weighted by Gasteiger charge is 2.52. The highest BCUT2D eigenvalue weighted by Crippen LogP contribution is 2.38. The summed E-state index contributed by atoms with van der Waals surface area (Å²) in [7, 11) is 1.61. The summed E-state index contributed by atoms with van der Waals surface area (Å²) in [4.78, 5) is 0.956. The van der Waals surface area contributed by atoms with Gasteiger partial charge in [-0.3, -0.25) is 0 Å². The van der Waals surface area contributed by atoms with E-state index in [4.69, 9.17) is 9.31 Å². The summed E-state index contributed by atoms with van der Waals surface area (Å²) in [6.07, 6.45) is 2.12. The Morgan fingerprint density at radius 2 is 1.67 bits per heavy atom. The molecule has 0 bridgehead atoms. The van der Waals surface area contributed by atoms with Crippen LogP contribution in [0.5, 0.6) is 0 Å². The Kier molecular flexibility index (Phi) is 4.88. The van der Waals surface area contributed by atoms with Crippen LogP contribution in [0, 0.1) is 0 Å². The topological polar surface area (TPSA) is 30.5 Å². The molecule has 5 heteroatoms. The van der Waals surface area contributed by atoms with Gasteiger partial charge in [0.15, 0.2) is 0 Å². The van der Waals surface area contributed by atoms with E-state index in [9.17, 15) is 0 Å². The Balaban J connectivity index is 2.26. The predicted octanol–water partition coefficient (Wildman–Crippen LogP) is 3.21. The smallest absolute Gasteiger partial charge is 0.400 e. The van der Waals surface area contributed by atoms with Crippen LogP contribution in [-0.2, 0) is 9.31 Å². The first-order valence-corrected chi connectivity index (χ1v) is 7.69. The van der Waals surface area contributed by atoms with Gasteiger partial charge in [0.25, 0.3) is 0 Å². The summed E-state index contributed by atoms with van der Waals surface area (Å²) in [5, 5.41) is 3.19. The van der Waals surface area contributed by atoms with Crippen LogP contribution in [0.1, 0.15) is 33.3 Å². The summed E-state index contributed by atoms with van der Waals surface area (Å²) < 4.78 is 12.3. The Labute approximate surface area is 133 Å². The zero-order valence-electron chi connectivity index (χ0n) is 13.4. The molecule has 0 amide bonds. The SMILES string of the molecule is CNCC(=Cc1ccc(S)cc1)B1OC(C)(C)C(C)(C)O1. The molecule has 1 N–H and O–H groups in total. The van der Waals surface area contributed by atoms with E-state index in [-0.39, 0.29) is 18.3 Å². The minimum Gasteiger partial charge on any atom is -0.400 e. The van der Waals surface area contributed by atoms with E-state index in [1.807, 2.05) is 31.3 Å². The van der Waals surface area contributed by atoms with Crippen LogP contribution in [0.4, 0.5) is 0 Å². The second-order valence-electron chi connectivity index (χ2n) is 6.43. The predicted molar refractivity (Wildman–Crippen MR) is 91.7 cm³/mol. The first kappa shape index (κ1) is 16.6. The number of thiol groups is 1. The molecule has 3 nitrogen and oxygen atoms in total. The van der Waals surface area contributed by atoms with Crippen molar-refractivity contribution in [2.75, 3.05) is 13.6 Å². The second kappa shape index (κ2) is 6.17. The molecular weight excluding hydrogens is 281 g/mol. The highest BCUT2D eigenvalue weighted by atomic mass is 32.1. The van der Waals surface area contributed by atoms with Crippen molar-refractivity contribution < 1.29 is 9.31 Å². The lowest BCUT2D eigenvalue weighted by atomic mass is 9.77. The van der Waals surface area contributed by atoms with Crippen molar-refractivity contribution in [2.45, 2.75) is 43.8 Å². The molecule has 0 aromatic heterocycles. The van der Waals surface area contributed by atoms with Crippen molar-refractivity contribution in [3.05, 3.63) is 35.3 Å². The van der Waals surface area contributed by atoms with Gasteiger partial charge in [-0.1, -0.05) is 18.2 Å². The number of benzene rings is 1. The maximum Gasteiger partial charge on any atom is 0.491 e. The Morgan fingerprint density at radius 3 is 2.14 bits per heavy atom. The van der Waals surface area contributed by atoms with E-state index < -0.39 is 0 Å². The van der Waals surface area contributed by atoms with Gasteiger partial charge in [0, 0.05) is 11.4 Å². The summed E-state index contributed by atoms with van der Waals surface area (Å²) in [6.45, 7) is 9.00. The van der Waals surface area contributed by atoms with Gasteiger partial charge in [0.2, 0.25) is 0 Å². The van der Waals surface area contributed by atoms with Crippen molar-refractivity contribution in [2.24, 2.45) is 0 Å². The van der Waals surface area contributed by atoms with Crippen LogP contribution in [0.15, 0.2) is 34.6 Å². The van der Waals surface area contributed by atoms with E-state index in [0.29, 0.717) is 0 Å². The van der Waals surface area contributed by atoms with Crippen LogP contribution in [-0.4, -0.2) is 31.9 Å². The average Bonchev–Trinajstić information content (AvgIpc) is 2.60. The van der Waals surface area contributed by atoms with Crippen LogP contribution in [0.3, 0.4) is 0 Å². The van der Waals surface area contributed by atoms with Crippen molar-refractivity contribution in [3.63, 3.8) is 0 Å². The molecule has 1 aromatic carbocycles. The monoisotopic (exact) mass is 305 g/mol. The number of likely N-dealkylation sites (N-methyl/N-ethyl adjacent to an activating group) is 1. The van der Waals surface area contributed by atoms with Gasteiger partial charge in [0.05, 0.1) is 11.2 Å². The van der Waals surface area contributed by atoms with E-state index in [1.54, 1.807) is 0 Å². The zero-order valence-corrected chi connectivity index (χ0v) is 14.3. The molecule has 1 aliphatic heterocycles. The summed E-state index contributed by atoms with van der Waals surface area (Å²) >= 11 is 4.31. The van der Waals surface area contributed by atoms with E-state index >= 15 is 0 Å². The summed E-state index contributed by atoms with van der Waals surface area (Å²) in [5.74, 6) is 0.